The van der Waals surface area contributed by atoms with Crippen LogP contribution in [-0.2, 0) is 0 Å². The standard InChI is InChI=1S/C12H18FN3O2/c1-3-12(4-2,8-14)15-10-5-9(13)6-11(7-10)16(17)18/h5-7,15H,3-4,8,14H2,1-2H3. The van der Waals surface area contributed by atoms with E-state index in [4.69, 9.17) is 5.73 Å². The van der Waals surface area contributed by atoms with Crippen LogP contribution < -0.4 is 11.1 Å². The molecule has 6 heteroatoms. The fraction of sp³-hybridized carbons (Fsp3) is 0.500. The van der Waals surface area contributed by atoms with Gasteiger partial charge in [-0.2, -0.15) is 0 Å². The molecule has 0 bridgehead atoms. The molecular weight excluding hydrogens is 237 g/mol. The van der Waals surface area contributed by atoms with Crippen LogP contribution in [0.3, 0.4) is 0 Å². The first-order chi connectivity index (χ1) is 8.46. The maximum absolute atomic E-state index is 13.3. The topological polar surface area (TPSA) is 81.2 Å². The number of halogens is 1. The summed E-state index contributed by atoms with van der Waals surface area (Å²) in [6.07, 6.45) is 1.51. The van der Waals surface area contributed by atoms with Gasteiger partial charge in [-0.3, -0.25) is 10.1 Å². The van der Waals surface area contributed by atoms with Crippen molar-refractivity contribution in [1.29, 1.82) is 0 Å². The zero-order chi connectivity index (χ0) is 13.8. The molecule has 0 aromatic heterocycles. The Morgan fingerprint density at radius 3 is 2.44 bits per heavy atom. The molecule has 5 nitrogen and oxygen atoms in total. The molecule has 0 aliphatic heterocycles. The average Bonchev–Trinajstić information content (AvgIpc) is 2.35. The lowest BCUT2D eigenvalue weighted by molar-refractivity contribution is -0.385. The van der Waals surface area contributed by atoms with Crippen molar-refractivity contribution in [3.8, 4) is 0 Å². The van der Waals surface area contributed by atoms with Crippen LogP contribution in [0.15, 0.2) is 18.2 Å². The Morgan fingerprint density at radius 2 is 2.00 bits per heavy atom. The highest BCUT2D eigenvalue weighted by Crippen LogP contribution is 2.25. The second-order valence-corrected chi connectivity index (χ2v) is 4.27. The Kier molecular flexibility index (Phi) is 4.61. The van der Waals surface area contributed by atoms with Crippen molar-refractivity contribution in [2.45, 2.75) is 32.2 Å². The summed E-state index contributed by atoms with van der Waals surface area (Å²) < 4.78 is 13.3. The van der Waals surface area contributed by atoms with Crippen LogP contribution >= 0.6 is 0 Å². The largest absolute Gasteiger partial charge is 0.378 e. The normalized spacial score (nSPS) is 11.3. The van der Waals surface area contributed by atoms with Crippen LogP contribution in [0.1, 0.15) is 26.7 Å². The maximum atomic E-state index is 13.3. The minimum atomic E-state index is -0.634. The molecule has 100 valence electrons. The second-order valence-electron chi connectivity index (χ2n) is 4.27. The number of hydrogen-bond acceptors (Lipinski definition) is 4. The van der Waals surface area contributed by atoms with E-state index in [0.29, 0.717) is 12.2 Å². The van der Waals surface area contributed by atoms with E-state index >= 15 is 0 Å². The van der Waals surface area contributed by atoms with Crippen LogP contribution in [0.4, 0.5) is 15.8 Å². The van der Waals surface area contributed by atoms with Crippen LogP contribution in [0.2, 0.25) is 0 Å². The summed E-state index contributed by atoms with van der Waals surface area (Å²) >= 11 is 0. The Labute approximate surface area is 105 Å². The molecule has 0 fully saturated rings. The van der Waals surface area contributed by atoms with Gasteiger partial charge in [0.2, 0.25) is 0 Å². The van der Waals surface area contributed by atoms with Crippen molar-refractivity contribution in [3.05, 3.63) is 34.1 Å². The first kappa shape index (κ1) is 14.4. The third-order valence-electron chi connectivity index (χ3n) is 3.25. The molecule has 0 spiro atoms. The molecule has 3 N–H and O–H groups in total. The SMILES string of the molecule is CCC(CC)(CN)Nc1cc(F)cc([N+](=O)[O-])c1. The quantitative estimate of drug-likeness (QED) is 0.605. The third-order valence-corrected chi connectivity index (χ3v) is 3.25. The van der Waals surface area contributed by atoms with E-state index in [2.05, 4.69) is 5.32 Å². The van der Waals surface area contributed by atoms with Gasteiger partial charge in [-0.15, -0.1) is 0 Å². The number of non-ortho nitro benzene ring substituents is 1. The predicted molar refractivity (Wildman–Crippen MR) is 69.0 cm³/mol. The molecule has 0 unspecified atom stereocenters. The molecule has 0 heterocycles. The van der Waals surface area contributed by atoms with E-state index in [1.807, 2.05) is 13.8 Å². The number of anilines is 1. The van der Waals surface area contributed by atoms with Crippen molar-refractivity contribution in [2.24, 2.45) is 5.73 Å². The summed E-state index contributed by atoms with van der Waals surface area (Å²) in [5.41, 5.74) is 5.48. The van der Waals surface area contributed by atoms with Gasteiger partial charge in [0.05, 0.1) is 11.0 Å². The Balaban J connectivity index is 3.06. The van der Waals surface area contributed by atoms with Crippen molar-refractivity contribution in [2.75, 3.05) is 11.9 Å². The van der Waals surface area contributed by atoms with Crippen molar-refractivity contribution in [1.82, 2.24) is 0 Å². The summed E-state index contributed by atoms with van der Waals surface area (Å²) in [5, 5.41) is 13.8. The Bertz CT molecular complexity index is 425. The molecule has 0 radical (unpaired) electrons. The molecular formula is C12H18FN3O2. The summed E-state index contributed by atoms with van der Waals surface area (Å²) in [5.74, 6) is -0.634. The first-order valence-electron chi connectivity index (χ1n) is 5.89. The lowest BCUT2D eigenvalue weighted by Gasteiger charge is -2.32. The number of hydrogen-bond donors (Lipinski definition) is 2. The molecule has 0 aliphatic rings. The number of rotatable bonds is 6. The highest BCUT2D eigenvalue weighted by atomic mass is 19.1. The monoisotopic (exact) mass is 255 g/mol. The fourth-order valence-corrected chi connectivity index (χ4v) is 1.82. The van der Waals surface area contributed by atoms with Gasteiger partial charge in [-0.05, 0) is 18.9 Å². The number of benzene rings is 1. The van der Waals surface area contributed by atoms with Crippen molar-refractivity contribution < 1.29 is 9.31 Å². The third kappa shape index (κ3) is 3.16. The van der Waals surface area contributed by atoms with E-state index in [0.717, 1.165) is 18.9 Å². The van der Waals surface area contributed by atoms with Gasteiger partial charge in [-0.25, -0.2) is 4.39 Å². The lowest BCUT2D eigenvalue weighted by atomic mass is 9.92. The van der Waals surface area contributed by atoms with Crippen LogP contribution in [0, 0.1) is 15.9 Å². The van der Waals surface area contributed by atoms with E-state index < -0.39 is 10.7 Å². The maximum Gasteiger partial charge on any atom is 0.274 e. The number of nitro benzene ring substituents is 1. The number of nitro groups is 1. The molecule has 0 saturated carbocycles. The summed E-state index contributed by atoms with van der Waals surface area (Å²) in [7, 11) is 0. The Hall–Kier alpha value is -1.69. The van der Waals surface area contributed by atoms with Crippen LogP contribution in [0.5, 0.6) is 0 Å². The molecule has 1 aromatic carbocycles. The van der Waals surface area contributed by atoms with Crippen molar-refractivity contribution >= 4 is 11.4 Å². The van der Waals surface area contributed by atoms with Crippen molar-refractivity contribution in [3.63, 3.8) is 0 Å². The van der Waals surface area contributed by atoms with Crippen LogP contribution in [-0.4, -0.2) is 17.0 Å². The number of nitrogens with zero attached hydrogens (tertiary/aromatic N) is 1. The molecule has 0 amide bonds. The zero-order valence-electron chi connectivity index (χ0n) is 10.6. The summed E-state index contributed by atoms with van der Waals surface area (Å²) in [4.78, 5) is 10.1. The first-order valence-corrected chi connectivity index (χ1v) is 5.89. The summed E-state index contributed by atoms with van der Waals surface area (Å²) in [6.45, 7) is 4.32. The van der Waals surface area contributed by atoms with Gasteiger partial charge in [0.25, 0.3) is 5.69 Å². The van der Waals surface area contributed by atoms with Gasteiger partial charge in [-0.1, -0.05) is 13.8 Å². The van der Waals surface area contributed by atoms with E-state index in [1.165, 1.54) is 12.1 Å². The van der Waals surface area contributed by atoms with Gasteiger partial charge < -0.3 is 11.1 Å². The fourth-order valence-electron chi connectivity index (χ4n) is 1.82. The van der Waals surface area contributed by atoms with E-state index in [1.54, 1.807) is 0 Å². The highest BCUT2D eigenvalue weighted by Gasteiger charge is 2.24. The van der Waals surface area contributed by atoms with Gasteiger partial charge >= 0.3 is 0 Å². The second kappa shape index (κ2) is 5.77. The van der Waals surface area contributed by atoms with Gasteiger partial charge in [0.15, 0.2) is 0 Å². The van der Waals surface area contributed by atoms with Gasteiger partial charge in [0.1, 0.15) is 5.82 Å². The number of nitrogens with two attached hydrogens (primary N) is 1. The Morgan fingerprint density at radius 1 is 1.39 bits per heavy atom. The molecule has 0 saturated heterocycles. The molecule has 0 atom stereocenters. The smallest absolute Gasteiger partial charge is 0.274 e. The van der Waals surface area contributed by atoms with Gasteiger partial charge in [0, 0.05) is 23.8 Å². The molecule has 18 heavy (non-hydrogen) atoms. The minimum absolute atomic E-state index is 0.268. The number of nitrogens with one attached hydrogen (secondary N) is 1. The summed E-state index contributed by atoms with van der Waals surface area (Å²) in [6, 6.07) is 3.45. The average molecular weight is 255 g/mol. The van der Waals surface area contributed by atoms with E-state index in [-0.39, 0.29) is 11.2 Å². The minimum Gasteiger partial charge on any atom is -0.378 e. The van der Waals surface area contributed by atoms with E-state index in [9.17, 15) is 14.5 Å². The molecule has 1 rings (SSSR count). The molecule has 0 aliphatic carbocycles. The lowest BCUT2D eigenvalue weighted by Crippen LogP contribution is -2.44. The molecule has 1 aromatic rings. The highest BCUT2D eigenvalue weighted by molar-refractivity contribution is 5.53. The van der Waals surface area contributed by atoms with Crippen LogP contribution in [0.25, 0.3) is 0 Å². The predicted octanol–water partition coefficient (Wildman–Crippen LogP) is 2.66. The zero-order valence-corrected chi connectivity index (χ0v) is 10.6.